The monoisotopic (exact) mass is 503 g/mol. The van der Waals surface area contributed by atoms with Crippen LogP contribution in [0.25, 0.3) is 5.76 Å². The Balaban J connectivity index is 1.74. The Labute approximate surface area is 213 Å². The number of carbonyl (C=O) groups is 2. The van der Waals surface area contributed by atoms with Crippen LogP contribution in [0.3, 0.4) is 0 Å². The lowest BCUT2D eigenvalue weighted by Gasteiger charge is -2.27. The van der Waals surface area contributed by atoms with E-state index in [1.807, 2.05) is 6.92 Å². The molecule has 2 heterocycles. The van der Waals surface area contributed by atoms with Crippen molar-refractivity contribution in [3.05, 3.63) is 77.4 Å². The van der Waals surface area contributed by atoms with E-state index in [9.17, 15) is 14.7 Å². The average Bonchev–Trinajstić information content (AvgIpc) is 3.50. The number of rotatable bonds is 7. The van der Waals surface area contributed by atoms with Crippen LogP contribution >= 0.6 is 0 Å². The highest BCUT2D eigenvalue weighted by Crippen LogP contribution is 2.47. The van der Waals surface area contributed by atoms with Crippen LogP contribution in [0, 0.1) is 0 Å². The SMILES string of the molecule is CCOc1cc(C2/C(=C(\O)c3ccc4c(c3)OCO4)C(=O)C(=O)N2c2ccccc2OC)ccc1OC. The summed E-state index contributed by atoms with van der Waals surface area (Å²) >= 11 is 0. The molecule has 190 valence electrons. The fourth-order valence-electron chi connectivity index (χ4n) is 4.56. The lowest BCUT2D eigenvalue weighted by atomic mass is 9.94. The molecule has 1 unspecified atom stereocenters. The van der Waals surface area contributed by atoms with E-state index in [0.29, 0.717) is 52.2 Å². The van der Waals surface area contributed by atoms with Crippen LogP contribution in [0.5, 0.6) is 28.7 Å². The van der Waals surface area contributed by atoms with E-state index in [0.717, 1.165) is 0 Å². The maximum absolute atomic E-state index is 13.5. The zero-order valence-electron chi connectivity index (χ0n) is 20.5. The Morgan fingerprint density at radius 3 is 2.46 bits per heavy atom. The molecule has 0 radical (unpaired) electrons. The minimum absolute atomic E-state index is 0.0593. The number of ketones is 1. The third kappa shape index (κ3) is 4.08. The van der Waals surface area contributed by atoms with Crippen LogP contribution in [-0.4, -0.2) is 44.4 Å². The molecule has 0 spiro atoms. The first-order valence-corrected chi connectivity index (χ1v) is 11.6. The molecule has 0 bridgehead atoms. The number of aliphatic hydroxyl groups excluding tert-OH is 1. The Bertz CT molecular complexity index is 1410. The third-order valence-corrected chi connectivity index (χ3v) is 6.24. The molecule has 1 N–H and O–H groups in total. The van der Waals surface area contributed by atoms with Crippen molar-refractivity contribution in [2.45, 2.75) is 13.0 Å². The zero-order chi connectivity index (χ0) is 26.1. The standard InChI is InChI=1S/C28H25NO8/c1-4-35-22-13-16(9-11-20(22)34-3)25-24(26(30)17-10-12-21-23(14-17)37-15-36-21)27(31)28(32)29(25)18-7-5-6-8-19(18)33-2/h5-14,25,30H,4,15H2,1-3H3/b26-24+. The van der Waals surface area contributed by atoms with Crippen molar-refractivity contribution in [1.29, 1.82) is 0 Å². The number of hydrogen-bond acceptors (Lipinski definition) is 8. The van der Waals surface area contributed by atoms with Gasteiger partial charge in [-0.15, -0.1) is 0 Å². The summed E-state index contributed by atoms with van der Waals surface area (Å²) in [6, 6.07) is 15.9. The molecule has 9 heteroatoms. The van der Waals surface area contributed by atoms with Gasteiger partial charge in [0.2, 0.25) is 6.79 Å². The minimum atomic E-state index is -0.980. The molecule has 1 saturated heterocycles. The minimum Gasteiger partial charge on any atom is -0.507 e. The molecular weight excluding hydrogens is 478 g/mol. The Kier molecular flexibility index (Phi) is 6.35. The highest BCUT2D eigenvalue weighted by Gasteiger charge is 2.48. The van der Waals surface area contributed by atoms with Gasteiger partial charge < -0.3 is 28.8 Å². The van der Waals surface area contributed by atoms with Gasteiger partial charge in [-0.25, -0.2) is 0 Å². The summed E-state index contributed by atoms with van der Waals surface area (Å²) in [6.07, 6.45) is 0. The number of aliphatic hydroxyl groups is 1. The zero-order valence-corrected chi connectivity index (χ0v) is 20.5. The molecule has 37 heavy (non-hydrogen) atoms. The van der Waals surface area contributed by atoms with Crippen molar-refractivity contribution in [3.63, 3.8) is 0 Å². The molecule has 2 aliphatic heterocycles. The number of Topliss-reactive ketones (excluding diaryl/α,β-unsaturated/α-hetero) is 1. The van der Waals surface area contributed by atoms with Crippen LogP contribution in [0.15, 0.2) is 66.2 Å². The number of methoxy groups -OCH3 is 2. The molecule has 0 aromatic heterocycles. The van der Waals surface area contributed by atoms with Gasteiger partial charge in [-0.05, 0) is 55.0 Å². The van der Waals surface area contributed by atoms with E-state index >= 15 is 0 Å². The van der Waals surface area contributed by atoms with E-state index in [2.05, 4.69) is 0 Å². The number of anilines is 1. The maximum Gasteiger partial charge on any atom is 0.300 e. The molecule has 1 amide bonds. The molecular formula is C28H25NO8. The van der Waals surface area contributed by atoms with Gasteiger partial charge >= 0.3 is 0 Å². The van der Waals surface area contributed by atoms with Gasteiger partial charge in [-0.1, -0.05) is 18.2 Å². The second kappa shape index (κ2) is 9.77. The summed E-state index contributed by atoms with van der Waals surface area (Å²) < 4.78 is 27.5. The molecule has 5 rings (SSSR count). The third-order valence-electron chi connectivity index (χ3n) is 6.24. The van der Waals surface area contributed by atoms with E-state index < -0.39 is 17.7 Å². The number of benzene rings is 3. The highest BCUT2D eigenvalue weighted by molar-refractivity contribution is 6.52. The van der Waals surface area contributed by atoms with Crippen molar-refractivity contribution in [3.8, 4) is 28.7 Å². The van der Waals surface area contributed by atoms with Gasteiger partial charge in [0, 0.05) is 5.56 Å². The first-order chi connectivity index (χ1) is 18.0. The topological polar surface area (TPSA) is 104 Å². The molecule has 0 saturated carbocycles. The first kappa shape index (κ1) is 24.1. The molecule has 3 aromatic carbocycles. The summed E-state index contributed by atoms with van der Waals surface area (Å²) in [7, 11) is 3.01. The highest BCUT2D eigenvalue weighted by atomic mass is 16.7. The van der Waals surface area contributed by atoms with Crippen LogP contribution in [0.4, 0.5) is 5.69 Å². The fraction of sp³-hybridized carbons (Fsp3) is 0.214. The fourth-order valence-corrected chi connectivity index (χ4v) is 4.56. The van der Waals surface area contributed by atoms with Crippen LogP contribution in [-0.2, 0) is 9.59 Å². The van der Waals surface area contributed by atoms with E-state index in [1.165, 1.54) is 19.1 Å². The number of ether oxygens (including phenoxy) is 5. The van der Waals surface area contributed by atoms with Crippen molar-refractivity contribution >= 4 is 23.1 Å². The summed E-state index contributed by atoms with van der Waals surface area (Å²) in [5.41, 5.74) is 1.15. The number of para-hydroxylation sites is 2. The summed E-state index contributed by atoms with van der Waals surface area (Å²) in [4.78, 5) is 28.3. The predicted octanol–water partition coefficient (Wildman–Crippen LogP) is 4.46. The largest absolute Gasteiger partial charge is 0.507 e. The molecule has 9 nitrogen and oxygen atoms in total. The molecule has 1 atom stereocenters. The lowest BCUT2D eigenvalue weighted by Crippen LogP contribution is -2.29. The van der Waals surface area contributed by atoms with Gasteiger partial charge in [0.25, 0.3) is 11.7 Å². The predicted molar refractivity (Wildman–Crippen MR) is 135 cm³/mol. The smallest absolute Gasteiger partial charge is 0.300 e. The van der Waals surface area contributed by atoms with Crippen LogP contribution in [0.1, 0.15) is 24.1 Å². The molecule has 3 aromatic rings. The van der Waals surface area contributed by atoms with E-state index in [1.54, 1.807) is 60.7 Å². The number of amides is 1. The van der Waals surface area contributed by atoms with Crippen molar-refractivity contribution in [2.75, 3.05) is 32.5 Å². The normalized spacial score (nSPS) is 17.7. The Morgan fingerprint density at radius 2 is 1.70 bits per heavy atom. The molecule has 0 aliphatic carbocycles. The Morgan fingerprint density at radius 1 is 0.946 bits per heavy atom. The van der Waals surface area contributed by atoms with Crippen molar-refractivity contribution < 1.29 is 38.4 Å². The average molecular weight is 504 g/mol. The Hall–Kier alpha value is -4.66. The van der Waals surface area contributed by atoms with Gasteiger partial charge in [0.15, 0.2) is 23.0 Å². The van der Waals surface area contributed by atoms with Gasteiger partial charge in [0.1, 0.15) is 11.5 Å². The number of nitrogens with zero attached hydrogens (tertiary/aromatic N) is 1. The lowest BCUT2D eigenvalue weighted by molar-refractivity contribution is -0.132. The summed E-state index contributed by atoms with van der Waals surface area (Å²) in [5, 5.41) is 11.4. The summed E-state index contributed by atoms with van der Waals surface area (Å²) in [5.74, 6) is 0.322. The van der Waals surface area contributed by atoms with Crippen molar-refractivity contribution in [2.24, 2.45) is 0 Å². The molecule has 2 aliphatic rings. The maximum atomic E-state index is 13.5. The quantitative estimate of drug-likeness (QED) is 0.286. The van der Waals surface area contributed by atoms with Gasteiger partial charge in [0.05, 0.1) is 38.1 Å². The number of fused-ring (bicyclic) bond motifs is 1. The first-order valence-electron chi connectivity index (χ1n) is 11.6. The second-order valence-corrected chi connectivity index (χ2v) is 8.25. The summed E-state index contributed by atoms with van der Waals surface area (Å²) in [6.45, 7) is 2.28. The van der Waals surface area contributed by atoms with Gasteiger partial charge in [-0.2, -0.15) is 0 Å². The van der Waals surface area contributed by atoms with E-state index in [4.69, 9.17) is 23.7 Å². The van der Waals surface area contributed by atoms with Crippen molar-refractivity contribution in [1.82, 2.24) is 0 Å². The molecule has 1 fully saturated rings. The van der Waals surface area contributed by atoms with Crippen LogP contribution < -0.4 is 28.6 Å². The number of carbonyl (C=O) groups excluding carboxylic acids is 2. The number of hydrogen-bond donors (Lipinski definition) is 1. The van der Waals surface area contributed by atoms with Crippen LogP contribution in [0.2, 0.25) is 0 Å². The van der Waals surface area contributed by atoms with E-state index in [-0.39, 0.29) is 18.1 Å². The van der Waals surface area contributed by atoms with Gasteiger partial charge in [-0.3, -0.25) is 14.5 Å². The second-order valence-electron chi connectivity index (χ2n) is 8.25.